The maximum Gasteiger partial charge on any atom is 0.303 e. The molecule has 0 aliphatic heterocycles. The van der Waals surface area contributed by atoms with Crippen LogP contribution in [0.4, 0.5) is 17.5 Å². The highest BCUT2D eigenvalue weighted by molar-refractivity contribution is 5.89. The van der Waals surface area contributed by atoms with E-state index in [0.29, 0.717) is 31.6 Å². The molecule has 0 saturated heterocycles. The number of unbranched alkanes of at least 4 members (excludes halogenated alkanes) is 3. The first kappa shape index (κ1) is 29.2. The van der Waals surface area contributed by atoms with E-state index >= 15 is 0 Å². The van der Waals surface area contributed by atoms with Gasteiger partial charge in [-0.2, -0.15) is 9.97 Å². The van der Waals surface area contributed by atoms with E-state index in [1.165, 1.54) is 24.8 Å². The molecule has 1 aliphatic carbocycles. The van der Waals surface area contributed by atoms with Gasteiger partial charge in [-0.25, -0.2) is 0 Å². The molecule has 2 aromatic carbocycles. The fourth-order valence-electron chi connectivity index (χ4n) is 5.41. The molecule has 5 rings (SSSR count). The van der Waals surface area contributed by atoms with Gasteiger partial charge in [-0.3, -0.25) is 4.79 Å². The summed E-state index contributed by atoms with van der Waals surface area (Å²) in [4.78, 5) is 20.5. The molecule has 0 atom stereocenters. The van der Waals surface area contributed by atoms with Crippen LogP contribution < -0.4 is 20.1 Å². The van der Waals surface area contributed by atoms with Crippen molar-refractivity contribution in [3.05, 3.63) is 66.4 Å². The number of aromatic nitrogens is 3. The van der Waals surface area contributed by atoms with Crippen molar-refractivity contribution >= 4 is 34.5 Å². The van der Waals surface area contributed by atoms with Crippen LogP contribution in [0.1, 0.15) is 69.8 Å². The predicted octanol–water partition coefficient (Wildman–Crippen LogP) is 7.39. The number of fused-ring (bicyclic) bond motifs is 1. The Morgan fingerprint density at radius 3 is 2.40 bits per heavy atom. The first-order chi connectivity index (χ1) is 20.6. The van der Waals surface area contributed by atoms with Gasteiger partial charge in [0.15, 0.2) is 0 Å². The number of aliphatic carboxylic acids is 1. The number of benzene rings is 2. The number of methoxy groups -OCH3 is 1. The average Bonchev–Trinajstić information content (AvgIpc) is 3.41. The maximum absolute atomic E-state index is 10.6. The first-order valence-corrected chi connectivity index (χ1v) is 15.1. The summed E-state index contributed by atoms with van der Waals surface area (Å²) in [6, 6.07) is 18.5. The monoisotopic (exact) mass is 571 g/mol. The molecule has 9 heteroatoms. The number of hydrogen-bond acceptors (Lipinski definition) is 7. The van der Waals surface area contributed by atoms with Crippen molar-refractivity contribution in [3.63, 3.8) is 0 Å². The van der Waals surface area contributed by atoms with Gasteiger partial charge in [0.1, 0.15) is 23.0 Å². The summed E-state index contributed by atoms with van der Waals surface area (Å²) in [5.41, 5.74) is 2.93. The SMILES string of the molecule is COc1ccc(Cn2ccc3c(NC4CCCCC4)nc(Nc4ccc(OCCCCCCC(=O)O)cc4)nc32)cc1. The molecule has 0 unspecified atom stereocenters. The van der Waals surface area contributed by atoms with Gasteiger partial charge in [0.2, 0.25) is 5.95 Å². The Bertz CT molecular complexity index is 1430. The van der Waals surface area contributed by atoms with E-state index in [1.807, 2.05) is 36.4 Å². The van der Waals surface area contributed by atoms with Crippen LogP contribution >= 0.6 is 0 Å². The lowest BCUT2D eigenvalue weighted by Crippen LogP contribution is -2.23. The summed E-state index contributed by atoms with van der Waals surface area (Å²) < 4.78 is 13.4. The summed E-state index contributed by atoms with van der Waals surface area (Å²) in [7, 11) is 1.68. The molecule has 2 heterocycles. The normalized spacial score (nSPS) is 13.6. The highest BCUT2D eigenvalue weighted by Crippen LogP contribution is 2.29. The van der Waals surface area contributed by atoms with Gasteiger partial charge >= 0.3 is 5.97 Å². The lowest BCUT2D eigenvalue weighted by Gasteiger charge is -2.24. The van der Waals surface area contributed by atoms with Crippen LogP contribution in [-0.2, 0) is 11.3 Å². The Kier molecular flexibility index (Phi) is 10.1. The molecule has 0 radical (unpaired) electrons. The molecule has 4 aromatic rings. The summed E-state index contributed by atoms with van der Waals surface area (Å²) in [5.74, 6) is 2.32. The number of nitrogens with one attached hydrogen (secondary N) is 2. The third-order valence-electron chi connectivity index (χ3n) is 7.74. The van der Waals surface area contributed by atoms with E-state index in [4.69, 9.17) is 24.5 Å². The standard InChI is InChI=1S/C33H41N5O4/c1-41-27-16-12-24(13-17-27)23-38-21-20-29-31(34-25-9-5-4-6-10-25)36-33(37-32(29)38)35-26-14-18-28(19-15-26)42-22-8-3-2-7-11-30(39)40/h12-21,25H,2-11,22-23H2,1H3,(H,39,40)(H2,34,35,36,37). The number of carboxylic acids is 1. The minimum atomic E-state index is -0.732. The van der Waals surface area contributed by atoms with Crippen molar-refractivity contribution in [1.82, 2.24) is 14.5 Å². The quantitative estimate of drug-likeness (QED) is 0.127. The highest BCUT2D eigenvalue weighted by atomic mass is 16.5. The number of nitrogens with zero attached hydrogens (tertiary/aromatic N) is 3. The number of carbonyl (C=O) groups is 1. The number of ether oxygens (including phenoxy) is 2. The van der Waals surface area contributed by atoms with Gasteiger partial charge in [-0.15, -0.1) is 0 Å². The molecular formula is C33H41N5O4. The van der Waals surface area contributed by atoms with E-state index in [-0.39, 0.29) is 6.42 Å². The fourth-order valence-corrected chi connectivity index (χ4v) is 5.41. The van der Waals surface area contributed by atoms with Gasteiger partial charge in [0, 0.05) is 30.9 Å². The molecule has 222 valence electrons. The number of carboxylic acid groups (broad SMARTS) is 1. The van der Waals surface area contributed by atoms with Crippen LogP contribution in [0, 0.1) is 0 Å². The lowest BCUT2D eigenvalue weighted by molar-refractivity contribution is -0.137. The molecule has 1 aliphatic rings. The second-order valence-electron chi connectivity index (χ2n) is 11.0. The van der Waals surface area contributed by atoms with Crippen LogP contribution in [0.2, 0.25) is 0 Å². The smallest absolute Gasteiger partial charge is 0.303 e. The van der Waals surface area contributed by atoms with Crippen LogP contribution in [0.15, 0.2) is 60.8 Å². The third kappa shape index (κ3) is 8.15. The molecule has 1 saturated carbocycles. The largest absolute Gasteiger partial charge is 0.497 e. The van der Waals surface area contributed by atoms with Gasteiger partial charge < -0.3 is 29.8 Å². The Balaban J connectivity index is 1.28. The van der Waals surface area contributed by atoms with Gasteiger partial charge in [-0.05, 0) is 73.7 Å². The summed E-state index contributed by atoms with van der Waals surface area (Å²) >= 11 is 0. The zero-order chi connectivity index (χ0) is 29.1. The second-order valence-corrected chi connectivity index (χ2v) is 11.0. The molecule has 42 heavy (non-hydrogen) atoms. The topological polar surface area (TPSA) is 111 Å². The van der Waals surface area contributed by atoms with E-state index < -0.39 is 5.97 Å². The zero-order valence-electron chi connectivity index (χ0n) is 24.3. The molecule has 2 aromatic heterocycles. The van der Waals surface area contributed by atoms with E-state index in [2.05, 4.69) is 39.6 Å². The summed E-state index contributed by atoms with van der Waals surface area (Å²) in [6.07, 6.45) is 11.9. The fraction of sp³-hybridized carbons (Fsp3) is 0.424. The Hall–Kier alpha value is -4.27. The van der Waals surface area contributed by atoms with Gasteiger partial charge in [0.05, 0.1) is 19.1 Å². The minimum Gasteiger partial charge on any atom is -0.497 e. The van der Waals surface area contributed by atoms with Crippen molar-refractivity contribution in [1.29, 1.82) is 0 Å². The lowest BCUT2D eigenvalue weighted by atomic mass is 9.95. The molecule has 1 fully saturated rings. The summed E-state index contributed by atoms with van der Waals surface area (Å²) in [6.45, 7) is 1.30. The van der Waals surface area contributed by atoms with Crippen molar-refractivity contribution in [2.75, 3.05) is 24.4 Å². The number of hydrogen-bond donors (Lipinski definition) is 3. The average molecular weight is 572 g/mol. The van der Waals surface area contributed by atoms with Crippen molar-refractivity contribution in [2.24, 2.45) is 0 Å². The first-order valence-electron chi connectivity index (χ1n) is 15.1. The van der Waals surface area contributed by atoms with E-state index in [0.717, 1.165) is 66.1 Å². The second kappa shape index (κ2) is 14.6. The molecule has 0 spiro atoms. The third-order valence-corrected chi connectivity index (χ3v) is 7.74. The van der Waals surface area contributed by atoms with Crippen LogP contribution in [0.25, 0.3) is 11.0 Å². The zero-order valence-corrected chi connectivity index (χ0v) is 24.3. The number of anilines is 3. The molecule has 0 amide bonds. The molecule has 9 nitrogen and oxygen atoms in total. The van der Waals surface area contributed by atoms with Crippen LogP contribution in [-0.4, -0.2) is 45.4 Å². The van der Waals surface area contributed by atoms with Crippen molar-refractivity contribution in [3.8, 4) is 11.5 Å². The Labute approximate surface area is 247 Å². The Morgan fingerprint density at radius 2 is 1.67 bits per heavy atom. The predicted molar refractivity (Wildman–Crippen MR) is 166 cm³/mol. The Morgan fingerprint density at radius 1 is 0.929 bits per heavy atom. The van der Waals surface area contributed by atoms with Crippen molar-refractivity contribution < 1.29 is 19.4 Å². The molecule has 3 N–H and O–H groups in total. The van der Waals surface area contributed by atoms with Crippen LogP contribution in [0.3, 0.4) is 0 Å². The number of rotatable bonds is 15. The van der Waals surface area contributed by atoms with E-state index in [9.17, 15) is 4.79 Å². The molecular weight excluding hydrogens is 530 g/mol. The summed E-state index contributed by atoms with van der Waals surface area (Å²) in [5, 5.41) is 16.9. The van der Waals surface area contributed by atoms with Crippen molar-refractivity contribution in [2.45, 2.75) is 76.8 Å². The van der Waals surface area contributed by atoms with Gasteiger partial charge in [-0.1, -0.05) is 44.2 Å². The highest BCUT2D eigenvalue weighted by Gasteiger charge is 2.18. The minimum absolute atomic E-state index is 0.235. The molecule has 0 bridgehead atoms. The van der Waals surface area contributed by atoms with Crippen LogP contribution in [0.5, 0.6) is 11.5 Å². The maximum atomic E-state index is 10.6. The van der Waals surface area contributed by atoms with Gasteiger partial charge in [0.25, 0.3) is 0 Å². The van der Waals surface area contributed by atoms with E-state index in [1.54, 1.807) is 7.11 Å².